The van der Waals surface area contributed by atoms with E-state index in [0.29, 0.717) is 47.6 Å². The van der Waals surface area contributed by atoms with E-state index < -0.39 is 17.7 Å². The van der Waals surface area contributed by atoms with Crippen LogP contribution in [0.1, 0.15) is 55.4 Å². The van der Waals surface area contributed by atoms with Crippen molar-refractivity contribution in [1.29, 1.82) is 0 Å². The maximum absolute atomic E-state index is 13.5. The van der Waals surface area contributed by atoms with Crippen molar-refractivity contribution < 1.29 is 24.2 Å². The zero-order valence-electron chi connectivity index (χ0n) is 21.5. The SMILES string of the molecule is CCc1ccc(OC(=O)N2CCC(N)CC2)c2cc3c(nc12)-c1cc2c(c(=O)n1C3)COC(=O)[C@]2(O)CC. The third-order valence-corrected chi connectivity index (χ3v) is 8.10. The van der Waals surface area contributed by atoms with Crippen LogP contribution in [0, 0.1) is 0 Å². The average Bonchev–Trinajstić information content (AvgIpc) is 3.28. The molecule has 3 aromatic rings. The molecule has 3 aliphatic rings. The Hall–Kier alpha value is -3.76. The maximum Gasteiger partial charge on any atom is 0.415 e. The zero-order chi connectivity index (χ0) is 26.8. The number of nitrogens with two attached hydrogens (primary N) is 1. The number of ether oxygens (including phenoxy) is 2. The number of esters is 1. The summed E-state index contributed by atoms with van der Waals surface area (Å²) >= 11 is 0. The van der Waals surface area contributed by atoms with Crippen molar-refractivity contribution in [2.75, 3.05) is 13.1 Å². The number of nitrogens with zero attached hydrogens (tertiary/aromatic N) is 3. The predicted octanol–water partition coefficient (Wildman–Crippen LogP) is 2.56. The quantitative estimate of drug-likeness (QED) is 0.395. The van der Waals surface area contributed by atoms with Crippen molar-refractivity contribution in [2.45, 2.75) is 64.3 Å². The van der Waals surface area contributed by atoms with Gasteiger partial charge in [-0.2, -0.15) is 0 Å². The number of carbonyl (C=O) groups is 2. The lowest BCUT2D eigenvalue weighted by molar-refractivity contribution is -0.172. The van der Waals surface area contributed by atoms with Gasteiger partial charge in [0.2, 0.25) is 0 Å². The van der Waals surface area contributed by atoms with Gasteiger partial charge in [-0.25, -0.2) is 14.6 Å². The number of pyridine rings is 2. The second-order valence-electron chi connectivity index (χ2n) is 10.3. The minimum absolute atomic E-state index is 0.0808. The number of rotatable bonds is 3. The van der Waals surface area contributed by atoms with E-state index in [9.17, 15) is 19.5 Å². The van der Waals surface area contributed by atoms with E-state index in [2.05, 4.69) is 0 Å². The van der Waals surface area contributed by atoms with Crippen LogP contribution in [0.25, 0.3) is 22.3 Å². The number of aliphatic hydroxyl groups is 1. The monoisotopic (exact) mass is 518 g/mol. The summed E-state index contributed by atoms with van der Waals surface area (Å²) in [5.74, 6) is -0.341. The third-order valence-electron chi connectivity index (χ3n) is 8.10. The molecular weight excluding hydrogens is 488 g/mol. The van der Waals surface area contributed by atoms with Crippen LogP contribution in [0.2, 0.25) is 0 Å². The standard InChI is InChI=1S/C28H30N4O6/c1-3-15-5-6-22(38-27(35)31-9-7-17(29)8-10-31)18-11-16-13-32-21(24(16)30-23(15)18)12-20-19(25(32)33)14-37-26(34)28(20,36)4-2/h5-6,11-12,17,36H,3-4,7-10,13-14,29H2,1-2H3/t28-/m0/s1. The molecule has 1 aromatic carbocycles. The minimum Gasteiger partial charge on any atom is -0.458 e. The molecule has 1 fully saturated rings. The van der Waals surface area contributed by atoms with Gasteiger partial charge in [-0.1, -0.05) is 19.9 Å². The first-order valence-electron chi connectivity index (χ1n) is 13.1. The molecule has 0 bridgehead atoms. The number of piperidine rings is 1. The fourth-order valence-corrected chi connectivity index (χ4v) is 5.71. The third kappa shape index (κ3) is 3.62. The molecule has 3 aliphatic heterocycles. The molecule has 1 amide bonds. The van der Waals surface area contributed by atoms with Crippen LogP contribution in [-0.4, -0.2) is 50.8 Å². The lowest BCUT2D eigenvalue weighted by Crippen LogP contribution is -2.44. The van der Waals surface area contributed by atoms with Crippen molar-refractivity contribution in [2.24, 2.45) is 5.73 Å². The number of aromatic nitrogens is 2. The van der Waals surface area contributed by atoms with Gasteiger partial charge in [0.1, 0.15) is 12.4 Å². The van der Waals surface area contributed by atoms with E-state index >= 15 is 0 Å². The number of benzene rings is 1. The predicted molar refractivity (Wildman–Crippen MR) is 139 cm³/mol. The van der Waals surface area contributed by atoms with Gasteiger partial charge in [-0.05, 0) is 49.4 Å². The van der Waals surface area contributed by atoms with Crippen molar-refractivity contribution in [3.05, 3.63) is 56.9 Å². The van der Waals surface area contributed by atoms with Crippen LogP contribution < -0.4 is 16.0 Å². The van der Waals surface area contributed by atoms with E-state index in [0.717, 1.165) is 24.0 Å². The summed E-state index contributed by atoms with van der Waals surface area (Å²) in [6.45, 7) is 4.90. The number of hydrogen-bond acceptors (Lipinski definition) is 8. The Labute approximate surface area is 219 Å². The van der Waals surface area contributed by atoms with Crippen LogP contribution in [0.3, 0.4) is 0 Å². The summed E-state index contributed by atoms with van der Waals surface area (Å²) in [5.41, 5.74) is 7.93. The zero-order valence-corrected chi connectivity index (χ0v) is 21.5. The van der Waals surface area contributed by atoms with E-state index in [-0.39, 0.29) is 42.3 Å². The molecule has 6 rings (SSSR count). The normalized spacial score (nSPS) is 20.6. The molecule has 0 radical (unpaired) electrons. The smallest absolute Gasteiger partial charge is 0.415 e. The number of fused-ring (bicyclic) bond motifs is 5. The largest absolute Gasteiger partial charge is 0.458 e. The molecule has 2 aromatic heterocycles. The van der Waals surface area contributed by atoms with E-state index in [1.165, 1.54) is 0 Å². The Kier molecular flexibility index (Phi) is 5.77. The summed E-state index contributed by atoms with van der Waals surface area (Å²) in [5, 5.41) is 11.8. The van der Waals surface area contributed by atoms with Gasteiger partial charge >= 0.3 is 12.1 Å². The average molecular weight is 519 g/mol. The molecule has 198 valence electrons. The van der Waals surface area contributed by atoms with Gasteiger partial charge < -0.3 is 29.8 Å². The van der Waals surface area contributed by atoms with Gasteiger partial charge in [0, 0.05) is 35.6 Å². The second kappa shape index (κ2) is 8.92. The first-order chi connectivity index (χ1) is 18.2. The fraction of sp³-hybridized carbons (Fsp3) is 0.429. The number of likely N-dealkylation sites (tertiary alicyclic amines) is 1. The number of carbonyl (C=O) groups excluding carboxylic acids is 2. The molecule has 10 nitrogen and oxygen atoms in total. The van der Waals surface area contributed by atoms with Crippen molar-refractivity contribution in [3.8, 4) is 17.1 Å². The number of hydrogen-bond donors (Lipinski definition) is 2. The Morgan fingerprint density at radius 3 is 2.71 bits per heavy atom. The Morgan fingerprint density at radius 1 is 1.24 bits per heavy atom. The van der Waals surface area contributed by atoms with Gasteiger partial charge in [-0.3, -0.25) is 4.79 Å². The molecule has 1 saturated heterocycles. The van der Waals surface area contributed by atoms with Crippen molar-refractivity contribution in [1.82, 2.24) is 14.5 Å². The molecule has 5 heterocycles. The Morgan fingerprint density at radius 2 is 2.00 bits per heavy atom. The fourth-order valence-electron chi connectivity index (χ4n) is 5.71. The van der Waals surface area contributed by atoms with Crippen LogP contribution in [0.4, 0.5) is 4.79 Å². The first kappa shape index (κ1) is 24.6. The highest BCUT2D eigenvalue weighted by Crippen LogP contribution is 2.40. The van der Waals surface area contributed by atoms with Crippen molar-refractivity contribution in [3.63, 3.8) is 0 Å². The Bertz CT molecular complexity index is 1560. The van der Waals surface area contributed by atoms with Crippen molar-refractivity contribution >= 4 is 23.0 Å². The summed E-state index contributed by atoms with van der Waals surface area (Å²) in [6, 6.07) is 7.41. The van der Waals surface area contributed by atoms with Gasteiger partial charge in [-0.15, -0.1) is 0 Å². The Balaban J connectivity index is 1.45. The highest BCUT2D eigenvalue weighted by Gasteiger charge is 2.45. The molecule has 10 heteroatoms. The summed E-state index contributed by atoms with van der Waals surface area (Å²) < 4.78 is 12.6. The lowest BCUT2D eigenvalue weighted by Gasteiger charge is -2.31. The molecule has 0 unspecified atom stereocenters. The molecule has 1 atom stereocenters. The number of cyclic esters (lactones) is 1. The number of amides is 1. The maximum atomic E-state index is 13.5. The lowest BCUT2D eigenvalue weighted by atomic mass is 9.86. The molecule has 3 N–H and O–H groups in total. The van der Waals surface area contributed by atoms with E-state index in [1.54, 1.807) is 28.5 Å². The summed E-state index contributed by atoms with van der Waals surface area (Å²) in [7, 11) is 0. The summed E-state index contributed by atoms with van der Waals surface area (Å²) in [6.07, 6.45) is 1.84. The second-order valence-corrected chi connectivity index (χ2v) is 10.3. The highest BCUT2D eigenvalue weighted by atomic mass is 16.6. The molecule has 0 spiro atoms. The minimum atomic E-state index is -1.88. The van der Waals surface area contributed by atoms with Crippen LogP contribution in [0.15, 0.2) is 29.1 Å². The van der Waals surface area contributed by atoms with Gasteiger partial charge in [0.05, 0.1) is 29.0 Å². The van der Waals surface area contributed by atoms with Gasteiger partial charge in [0.25, 0.3) is 5.56 Å². The first-order valence-corrected chi connectivity index (χ1v) is 13.1. The number of aryl methyl sites for hydroxylation is 1. The molecular formula is C28H30N4O6. The van der Waals surface area contributed by atoms with Gasteiger partial charge in [0.15, 0.2) is 5.60 Å². The molecule has 38 heavy (non-hydrogen) atoms. The van der Waals surface area contributed by atoms with E-state index in [1.807, 2.05) is 19.1 Å². The van der Waals surface area contributed by atoms with Crippen LogP contribution in [-0.2, 0) is 34.7 Å². The molecule has 0 saturated carbocycles. The van der Waals surface area contributed by atoms with Crippen LogP contribution in [0.5, 0.6) is 5.75 Å². The van der Waals surface area contributed by atoms with E-state index in [4.69, 9.17) is 20.2 Å². The molecule has 0 aliphatic carbocycles. The summed E-state index contributed by atoms with van der Waals surface area (Å²) in [4.78, 5) is 45.5. The van der Waals surface area contributed by atoms with Crippen LogP contribution >= 0.6 is 0 Å². The highest BCUT2D eigenvalue weighted by molar-refractivity contribution is 5.93. The topological polar surface area (TPSA) is 137 Å².